The van der Waals surface area contributed by atoms with Crippen LogP contribution in [0.3, 0.4) is 0 Å². The van der Waals surface area contributed by atoms with Gasteiger partial charge in [-0.05, 0) is 13.8 Å². The Morgan fingerprint density at radius 1 is 1.44 bits per heavy atom. The van der Waals surface area contributed by atoms with Crippen molar-refractivity contribution in [1.82, 2.24) is 10.2 Å². The molecule has 0 aromatic heterocycles. The predicted molar refractivity (Wildman–Crippen MR) is 56.0 cm³/mol. The molecule has 1 atom stereocenters. The smallest absolute Gasteiger partial charge is 0.337 e. The van der Waals surface area contributed by atoms with Gasteiger partial charge in [0.1, 0.15) is 0 Å². The minimum atomic E-state index is -1.99. The van der Waals surface area contributed by atoms with E-state index in [1.54, 1.807) is 6.92 Å². The molecule has 2 amide bonds. The lowest BCUT2D eigenvalue weighted by Crippen LogP contribution is -2.50. The van der Waals surface area contributed by atoms with Gasteiger partial charge in [0.2, 0.25) is 0 Å². The molecule has 0 saturated heterocycles. The first kappa shape index (κ1) is 14.7. The lowest BCUT2D eigenvalue weighted by molar-refractivity contribution is -0.155. The number of aliphatic hydroxyl groups is 2. The van der Waals surface area contributed by atoms with Crippen LogP contribution in [0.1, 0.15) is 13.8 Å². The van der Waals surface area contributed by atoms with Gasteiger partial charge in [-0.25, -0.2) is 9.59 Å². The Balaban J connectivity index is 4.19. The number of aliphatic carboxylic acids is 1. The third-order valence-corrected chi connectivity index (χ3v) is 2.08. The van der Waals surface area contributed by atoms with E-state index in [2.05, 4.69) is 5.32 Å². The fourth-order valence-corrected chi connectivity index (χ4v) is 0.959. The Morgan fingerprint density at radius 2 is 2.00 bits per heavy atom. The number of amides is 2. The lowest BCUT2D eigenvalue weighted by Gasteiger charge is -2.23. The minimum Gasteiger partial charge on any atom is -0.479 e. The van der Waals surface area contributed by atoms with Crippen molar-refractivity contribution in [1.29, 1.82) is 0 Å². The largest absolute Gasteiger partial charge is 0.479 e. The molecule has 0 fully saturated rings. The molecular formula is C9H18N2O5. The molecule has 0 aromatic rings. The number of rotatable bonds is 6. The van der Waals surface area contributed by atoms with E-state index < -0.39 is 17.6 Å². The van der Waals surface area contributed by atoms with E-state index in [-0.39, 0.29) is 19.7 Å². The summed E-state index contributed by atoms with van der Waals surface area (Å²) in [6.45, 7) is 2.82. The van der Waals surface area contributed by atoms with Gasteiger partial charge in [-0.15, -0.1) is 0 Å². The van der Waals surface area contributed by atoms with Crippen LogP contribution in [0.25, 0.3) is 0 Å². The Labute approximate surface area is 93.7 Å². The number of hydrogen-bond acceptors (Lipinski definition) is 4. The summed E-state index contributed by atoms with van der Waals surface area (Å²) in [7, 11) is 0. The SMILES string of the molecule is CCN(CCO)C(=O)NCC(C)(O)C(=O)O. The second kappa shape index (κ2) is 6.29. The second-order valence-electron chi connectivity index (χ2n) is 3.54. The number of carboxylic acids is 1. The van der Waals surface area contributed by atoms with E-state index >= 15 is 0 Å². The molecule has 4 N–H and O–H groups in total. The van der Waals surface area contributed by atoms with E-state index in [0.717, 1.165) is 6.92 Å². The molecule has 0 aliphatic rings. The number of carbonyl (C=O) groups excluding carboxylic acids is 1. The summed E-state index contributed by atoms with van der Waals surface area (Å²) in [5.74, 6) is -1.40. The normalized spacial score (nSPS) is 14.0. The average molecular weight is 234 g/mol. The Hall–Kier alpha value is -1.34. The van der Waals surface area contributed by atoms with Gasteiger partial charge in [-0.1, -0.05) is 0 Å². The van der Waals surface area contributed by atoms with Crippen LogP contribution in [0.4, 0.5) is 4.79 Å². The number of nitrogens with zero attached hydrogens (tertiary/aromatic N) is 1. The van der Waals surface area contributed by atoms with Crippen LogP contribution in [-0.2, 0) is 4.79 Å². The molecule has 0 heterocycles. The summed E-state index contributed by atoms with van der Waals surface area (Å²) in [6, 6.07) is -0.516. The van der Waals surface area contributed by atoms with Gasteiger partial charge in [0.15, 0.2) is 5.60 Å². The van der Waals surface area contributed by atoms with E-state index in [1.165, 1.54) is 4.90 Å². The standard InChI is InChI=1S/C9H18N2O5/c1-3-11(4-5-12)8(15)10-6-9(2,16)7(13)14/h12,16H,3-6H2,1-2H3,(H,10,15)(H,13,14). The van der Waals surface area contributed by atoms with Crippen molar-refractivity contribution in [2.24, 2.45) is 0 Å². The van der Waals surface area contributed by atoms with Crippen molar-refractivity contribution in [3.63, 3.8) is 0 Å². The Bertz CT molecular complexity index is 254. The average Bonchev–Trinajstić information content (AvgIpc) is 2.22. The second-order valence-corrected chi connectivity index (χ2v) is 3.54. The highest BCUT2D eigenvalue weighted by atomic mass is 16.4. The summed E-state index contributed by atoms with van der Waals surface area (Å²) in [6.07, 6.45) is 0. The molecule has 0 radical (unpaired) electrons. The van der Waals surface area contributed by atoms with Crippen LogP contribution in [0, 0.1) is 0 Å². The van der Waals surface area contributed by atoms with Crippen LogP contribution < -0.4 is 5.32 Å². The van der Waals surface area contributed by atoms with Gasteiger partial charge in [-0.3, -0.25) is 0 Å². The van der Waals surface area contributed by atoms with Gasteiger partial charge >= 0.3 is 12.0 Å². The third kappa shape index (κ3) is 4.45. The number of nitrogens with one attached hydrogen (secondary N) is 1. The number of carbonyl (C=O) groups is 2. The van der Waals surface area contributed by atoms with E-state index in [0.29, 0.717) is 6.54 Å². The van der Waals surface area contributed by atoms with Crippen molar-refractivity contribution in [3.8, 4) is 0 Å². The molecule has 16 heavy (non-hydrogen) atoms. The van der Waals surface area contributed by atoms with Crippen LogP contribution in [0.15, 0.2) is 0 Å². The van der Waals surface area contributed by atoms with E-state index in [9.17, 15) is 14.7 Å². The fraction of sp³-hybridized carbons (Fsp3) is 0.778. The lowest BCUT2D eigenvalue weighted by atomic mass is 10.1. The summed E-state index contributed by atoms with van der Waals surface area (Å²) < 4.78 is 0. The van der Waals surface area contributed by atoms with Crippen molar-refractivity contribution in [2.75, 3.05) is 26.2 Å². The first-order valence-electron chi connectivity index (χ1n) is 4.94. The number of likely N-dealkylation sites (N-methyl/N-ethyl adjacent to an activating group) is 1. The summed E-state index contributed by atoms with van der Waals surface area (Å²) in [5.41, 5.74) is -1.99. The maximum Gasteiger partial charge on any atom is 0.337 e. The summed E-state index contributed by atoms with van der Waals surface area (Å²) in [4.78, 5) is 23.3. The first-order chi connectivity index (χ1) is 7.35. The van der Waals surface area contributed by atoms with Gasteiger partial charge in [0.05, 0.1) is 13.2 Å². The molecule has 7 nitrogen and oxygen atoms in total. The highest BCUT2D eigenvalue weighted by Crippen LogP contribution is 2.01. The van der Waals surface area contributed by atoms with Crippen LogP contribution in [0.2, 0.25) is 0 Å². The van der Waals surface area contributed by atoms with Gasteiger partial charge in [-0.2, -0.15) is 0 Å². The van der Waals surface area contributed by atoms with Crippen molar-refractivity contribution in [3.05, 3.63) is 0 Å². The summed E-state index contributed by atoms with van der Waals surface area (Å²) >= 11 is 0. The van der Waals surface area contributed by atoms with E-state index in [1.807, 2.05) is 0 Å². The molecule has 94 valence electrons. The van der Waals surface area contributed by atoms with Crippen molar-refractivity contribution < 1.29 is 24.9 Å². The zero-order chi connectivity index (χ0) is 12.8. The Kier molecular flexibility index (Phi) is 5.76. The molecule has 0 rings (SSSR count). The maximum absolute atomic E-state index is 11.4. The molecule has 0 bridgehead atoms. The number of hydrogen-bond donors (Lipinski definition) is 4. The summed E-state index contributed by atoms with van der Waals surface area (Å²) in [5, 5.41) is 28.9. The zero-order valence-corrected chi connectivity index (χ0v) is 9.43. The molecule has 0 spiro atoms. The number of carboxylic acid groups (broad SMARTS) is 1. The number of urea groups is 1. The predicted octanol–water partition coefficient (Wildman–Crippen LogP) is -1.15. The monoisotopic (exact) mass is 234 g/mol. The molecule has 0 aliphatic carbocycles. The minimum absolute atomic E-state index is 0.164. The van der Waals surface area contributed by atoms with Gasteiger partial charge in [0.25, 0.3) is 0 Å². The molecule has 1 unspecified atom stereocenters. The third-order valence-electron chi connectivity index (χ3n) is 2.08. The van der Waals surface area contributed by atoms with Crippen LogP contribution in [-0.4, -0.2) is 64.1 Å². The maximum atomic E-state index is 11.4. The molecule has 0 saturated carbocycles. The highest BCUT2D eigenvalue weighted by molar-refractivity contribution is 5.79. The number of aliphatic hydroxyl groups excluding tert-OH is 1. The van der Waals surface area contributed by atoms with Crippen LogP contribution >= 0.6 is 0 Å². The van der Waals surface area contributed by atoms with Gasteiger partial charge in [0, 0.05) is 13.1 Å². The molecular weight excluding hydrogens is 216 g/mol. The Morgan fingerprint density at radius 3 is 2.38 bits per heavy atom. The van der Waals surface area contributed by atoms with Crippen LogP contribution in [0.5, 0.6) is 0 Å². The fourth-order valence-electron chi connectivity index (χ4n) is 0.959. The van der Waals surface area contributed by atoms with Crippen molar-refractivity contribution in [2.45, 2.75) is 19.4 Å². The zero-order valence-electron chi connectivity index (χ0n) is 9.43. The molecule has 0 aromatic carbocycles. The molecule has 7 heteroatoms. The quantitative estimate of drug-likeness (QED) is 0.463. The van der Waals surface area contributed by atoms with Crippen molar-refractivity contribution >= 4 is 12.0 Å². The van der Waals surface area contributed by atoms with Gasteiger partial charge < -0.3 is 25.5 Å². The van der Waals surface area contributed by atoms with E-state index in [4.69, 9.17) is 10.2 Å². The topological polar surface area (TPSA) is 110 Å². The highest BCUT2D eigenvalue weighted by Gasteiger charge is 2.30. The first-order valence-corrected chi connectivity index (χ1v) is 4.94. The molecule has 0 aliphatic heterocycles.